The van der Waals surface area contributed by atoms with Crippen LogP contribution >= 0.6 is 0 Å². The summed E-state index contributed by atoms with van der Waals surface area (Å²) in [6.07, 6.45) is 3.74. The van der Waals surface area contributed by atoms with Crippen LogP contribution in [-0.4, -0.2) is 21.8 Å². The average molecular weight is 278 g/mol. The van der Waals surface area contributed by atoms with Gasteiger partial charge < -0.3 is 5.32 Å². The van der Waals surface area contributed by atoms with E-state index >= 15 is 0 Å². The monoisotopic (exact) mass is 278 g/mol. The van der Waals surface area contributed by atoms with Crippen molar-refractivity contribution in [3.05, 3.63) is 77.9 Å². The molecule has 0 radical (unpaired) electrons. The van der Waals surface area contributed by atoms with Gasteiger partial charge in [-0.2, -0.15) is 5.10 Å². The van der Waals surface area contributed by atoms with Crippen molar-refractivity contribution < 1.29 is 0 Å². The van der Waals surface area contributed by atoms with Gasteiger partial charge in [-0.25, -0.2) is 4.68 Å². The molecule has 21 heavy (non-hydrogen) atoms. The Labute approximate surface area is 124 Å². The summed E-state index contributed by atoms with van der Waals surface area (Å²) < 4.78 is 1.96. The number of hydrogen-bond acceptors (Lipinski definition) is 3. The van der Waals surface area contributed by atoms with Crippen LogP contribution in [0.2, 0.25) is 0 Å². The molecule has 0 amide bonds. The van der Waals surface area contributed by atoms with Crippen molar-refractivity contribution in [2.75, 3.05) is 7.05 Å². The molecule has 3 rings (SSSR count). The maximum absolute atomic E-state index is 4.45. The van der Waals surface area contributed by atoms with E-state index in [1.807, 2.05) is 61.4 Å². The third kappa shape index (κ3) is 2.71. The second kappa shape index (κ2) is 5.89. The minimum Gasteiger partial charge on any atom is -0.308 e. The Morgan fingerprint density at radius 1 is 1.05 bits per heavy atom. The molecule has 0 saturated heterocycles. The van der Waals surface area contributed by atoms with Gasteiger partial charge in [0.2, 0.25) is 0 Å². The zero-order valence-corrected chi connectivity index (χ0v) is 12.2. The summed E-state index contributed by atoms with van der Waals surface area (Å²) in [7, 11) is 1.95. The van der Waals surface area contributed by atoms with E-state index in [1.54, 1.807) is 0 Å². The van der Waals surface area contributed by atoms with Crippen LogP contribution in [0, 0.1) is 6.92 Å². The van der Waals surface area contributed by atoms with Crippen molar-refractivity contribution in [3.63, 3.8) is 0 Å². The number of aromatic nitrogens is 3. The van der Waals surface area contributed by atoms with Gasteiger partial charge >= 0.3 is 0 Å². The lowest BCUT2D eigenvalue weighted by Crippen LogP contribution is -2.21. The number of pyridine rings is 1. The molecule has 0 spiro atoms. The lowest BCUT2D eigenvalue weighted by molar-refractivity contribution is 0.635. The van der Waals surface area contributed by atoms with E-state index in [0.717, 1.165) is 22.6 Å². The zero-order valence-electron chi connectivity index (χ0n) is 12.2. The Balaban J connectivity index is 2.03. The van der Waals surface area contributed by atoms with Gasteiger partial charge in [0.25, 0.3) is 0 Å². The summed E-state index contributed by atoms with van der Waals surface area (Å²) in [6.45, 7) is 1.99. The first-order valence-corrected chi connectivity index (χ1v) is 6.99. The molecule has 1 aromatic carbocycles. The highest BCUT2D eigenvalue weighted by Gasteiger charge is 2.17. The standard InChI is InChI=1S/C17H18N4/c1-13-8-9-14(12-19-13)17(18-2)16-10-11-20-21(16)15-6-4-3-5-7-15/h3-12,17-18H,1-2H3. The molecule has 4 heteroatoms. The first kappa shape index (κ1) is 13.5. The van der Waals surface area contributed by atoms with E-state index in [2.05, 4.69) is 33.6 Å². The minimum absolute atomic E-state index is 0.0563. The number of rotatable bonds is 4. The third-order valence-electron chi connectivity index (χ3n) is 3.52. The fraction of sp³-hybridized carbons (Fsp3) is 0.176. The molecule has 1 unspecified atom stereocenters. The molecule has 3 aromatic rings. The van der Waals surface area contributed by atoms with Gasteiger partial charge in [0.15, 0.2) is 0 Å². The highest BCUT2D eigenvalue weighted by Crippen LogP contribution is 2.23. The molecule has 0 fully saturated rings. The summed E-state index contributed by atoms with van der Waals surface area (Å²) in [5.41, 5.74) is 4.29. The van der Waals surface area contributed by atoms with E-state index in [4.69, 9.17) is 0 Å². The van der Waals surface area contributed by atoms with Gasteiger partial charge in [-0.1, -0.05) is 24.3 Å². The number of hydrogen-bond donors (Lipinski definition) is 1. The second-order valence-electron chi connectivity index (χ2n) is 4.96. The lowest BCUT2D eigenvalue weighted by Gasteiger charge is -2.18. The highest BCUT2D eigenvalue weighted by molar-refractivity contribution is 5.36. The van der Waals surface area contributed by atoms with Crippen LogP contribution in [0.3, 0.4) is 0 Å². The molecule has 1 atom stereocenters. The van der Waals surface area contributed by atoms with Crippen molar-refractivity contribution in [1.29, 1.82) is 0 Å². The first-order chi connectivity index (χ1) is 10.3. The van der Waals surface area contributed by atoms with Gasteiger partial charge in [0, 0.05) is 18.1 Å². The SMILES string of the molecule is CNC(c1ccc(C)nc1)c1ccnn1-c1ccccc1. The summed E-state index contributed by atoms with van der Waals surface area (Å²) in [5, 5.41) is 7.80. The zero-order chi connectivity index (χ0) is 14.7. The fourth-order valence-corrected chi connectivity index (χ4v) is 2.45. The molecule has 0 saturated carbocycles. The fourth-order valence-electron chi connectivity index (χ4n) is 2.45. The van der Waals surface area contributed by atoms with E-state index < -0.39 is 0 Å². The molecule has 0 bridgehead atoms. The molecule has 106 valence electrons. The largest absolute Gasteiger partial charge is 0.308 e. The maximum atomic E-state index is 4.45. The molecule has 4 nitrogen and oxygen atoms in total. The van der Waals surface area contributed by atoms with Crippen LogP contribution in [0.1, 0.15) is 23.0 Å². The van der Waals surface area contributed by atoms with E-state index in [1.165, 1.54) is 0 Å². The first-order valence-electron chi connectivity index (χ1n) is 6.99. The lowest BCUT2D eigenvalue weighted by atomic mass is 10.1. The summed E-state index contributed by atoms with van der Waals surface area (Å²) >= 11 is 0. The van der Waals surface area contributed by atoms with Crippen LogP contribution < -0.4 is 5.32 Å². The molecule has 0 aliphatic rings. The summed E-state index contributed by atoms with van der Waals surface area (Å²) in [6, 6.07) is 16.4. The van der Waals surface area contributed by atoms with E-state index in [9.17, 15) is 0 Å². The molecule has 0 aliphatic heterocycles. The van der Waals surface area contributed by atoms with Crippen LogP contribution in [-0.2, 0) is 0 Å². The van der Waals surface area contributed by atoms with Gasteiger partial charge in [-0.05, 0) is 43.8 Å². The van der Waals surface area contributed by atoms with Crippen LogP contribution in [0.4, 0.5) is 0 Å². The topological polar surface area (TPSA) is 42.7 Å². The number of para-hydroxylation sites is 1. The van der Waals surface area contributed by atoms with Gasteiger partial charge in [-0.3, -0.25) is 4.98 Å². The van der Waals surface area contributed by atoms with E-state index in [-0.39, 0.29) is 6.04 Å². The highest BCUT2D eigenvalue weighted by atomic mass is 15.3. The van der Waals surface area contributed by atoms with Crippen molar-refractivity contribution in [2.45, 2.75) is 13.0 Å². The predicted octanol–water partition coefficient (Wildman–Crippen LogP) is 2.88. The van der Waals surface area contributed by atoms with Crippen molar-refractivity contribution in [2.24, 2.45) is 0 Å². The molecule has 2 aromatic heterocycles. The van der Waals surface area contributed by atoms with E-state index in [0.29, 0.717) is 0 Å². The maximum Gasteiger partial charge on any atom is 0.0765 e. The van der Waals surface area contributed by atoms with Crippen LogP contribution in [0.5, 0.6) is 0 Å². The molecule has 1 N–H and O–H groups in total. The van der Waals surface area contributed by atoms with Gasteiger partial charge in [0.05, 0.1) is 17.4 Å². The Hall–Kier alpha value is -2.46. The number of nitrogens with zero attached hydrogens (tertiary/aromatic N) is 3. The predicted molar refractivity (Wildman–Crippen MR) is 83.4 cm³/mol. The normalized spacial score (nSPS) is 12.3. The second-order valence-corrected chi connectivity index (χ2v) is 4.96. The van der Waals surface area contributed by atoms with Crippen LogP contribution in [0.25, 0.3) is 5.69 Å². The molecular formula is C17H18N4. The molecule has 2 heterocycles. The van der Waals surface area contributed by atoms with Crippen molar-refractivity contribution in [1.82, 2.24) is 20.1 Å². The Morgan fingerprint density at radius 3 is 2.52 bits per heavy atom. The average Bonchev–Trinajstić information content (AvgIpc) is 3.00. The molecular weight excluding hydrogens is 260 g/mol. The molecule has 0 aliphatic carbocycles. The quantitative estimate of drug-likeness (QED) is 0.798. The van der Waals surface area contributed by atoms with Gasteiger partial charge in [0.1, 0.15) is 0 Å². The Morgan fingerprint density at radius 2 is 1.86 bits per heavy atom. The van der Waals surface area contributed by atoms with Crippen molar-refractivity contribution >= 4 is 0 Å². The minimum atomic E-state index is 0.0563. The summed E-state index contributed by atoms with van der Waals surface area (Å²) in [4.78, 5) is 4.39. The third-order valence-corrected chi connectivity index (χ3v) is 3.52. The number of aryl methyl sites for hydroxylation is 1. The number of nitrogens with one attached hydrogen (secondary N) is 1. The summed E-state index contributed by atoms with van der Waals surface area (Å²) in [5.74, 6) is 0. The number of benzene rings is 1. The Bertz CT molecular complexity index is 701. The smallest absolute Gasteiger partial charge is 0.0765 e. The van der Waals surface area contributed by atoms with Gasteiger partial charge in [-0.15, -0.1) is 0 Å². The van der Waals surface area contributed by atoms with Crippen LogP contribution in [0.15, 0.2) is 60.9 Å². The Kier molecular flexibility index (Phi) is 3.79. The van der Waals surface area contributed by atoms with Crippen molar-refractivity contribution in [3.8, 4) is 5.69 Å².